The molecule has 2 heterocycles. The summed E-state index contributed by atoms with van der Waals surface area (Å²) >= 11 is 12.7. The molecule has 3 rings (SSSR count). The number of H-pyrrole nitrogens is 1. The van der Waals surface area contributed by atoms with Gasteiger partial charge < -0.3 is 10.1 Å². The molecule has 0 bridgehead atoms. The van der Waals surface area contributed by atoms with Crippen LogP contribution in [0.4, 0.5) is 0 Å². The maximum Gasteiger partial charge on any atom is 0.263 e. The second kappa shape index (κ2) is 5.18. The minimum Gasteiger partial charge on any atom is -0.506 e. The topological polar surface area (TPSA) is 70.2 Å². The zero-order chi connectivity index (χ0) is 15.1. The summed E-state index contributed by atoms with van der Waals surface area (Å²) in [5.74, 6) is -0.960. The second-order valence-electron chi connectivity index (χ2n) is 4.30. The van der Waals surface area contributed by atoms with Crippen LogP contribution in [-0.4, -0.2) is 15.9 Å². The van der Waals surface area contributed by atoms with Crippen LogP contribution in [0.5, 0.6) is 5.75 Å². The Morgan fingerprint density at radius 1 is 1.19 bits per heavy atom. The fourth-order valence-corrected chi connectivity index (χ4v) is 3.18. The lowest BCUT2D eigenvalue weighted by molar-refractivity contribution is 0.103. The predicted molar refractivity (Wildman–Crippen MR) is 84.0 cm³/mol. The zero-order valence-corrected chi connectivity index (χ0v) is 12.6. The number of rotatable bonds is 2. The summed E-state index contributed by atoms with van der Waals surface area (Å²) < 4.78 is 0.429. The molecule has 0 saturated carbocycles. The Hall–Kier alpha value is -1.82. The Morgan fingerprint density at radius 3 is 2.62 bits per heavy atom. The Bertz CT molecular complexity index is 930. The first-order valence-corrected chi connectivity index (χ1v) is 7.39. The maximum absolute atomic E-state index is 12.4. The number of ketones is 1. The van der Waals surface area contributed by atoms with E-state index in [2.05, 4.69) is 4.98 Å². The molecule has 106 valence electrons. The molecule has 0 spiro atoms. The summed E-state index contributed by atoms with van der Waals surface area (Å²) in [5.41, 5.74) is -0.567. The van der Waals surface area contributed by atoms with Crippen LogP contribution in [0, 0.1) is 0 Å². The summed E-state index contributed by atoms with van der Waals surface area (Å²) in [5, 5.41) is 11.0. The SMILES string of the molecule is O=C(c1ccc(Cl)s1)c1c(O)c2cc(Cl)ccc2[nH]c1=O. The number of hydrogen-bond acceptors (Lipinski definition) is 4. The number of benzene rings is 1. The van der Waals surface area contributed by atoms with Gasteiger partial charge in [0, 0.05) is 10.4 Å². The highest BCUT2D eigenvalue weighted by molar-refractivity contribution is 7.18. The number of hydrogen-bond donors (Lipinski definition) is 2. The third-order valence-corrected chi connectivity index (χ3v) is 4.44. The minimum atomic E-state index is -0.656. The molecule has 2 aromatic heterocycles. The van der Waals surface area contributed by atoms with Crippen molar-refractivity contribution in [3.8, 4) is 5.75 Å². The van der Waals surface area contributed by atoms with Crippen molar-refractivity contribution >= 4 is 51.2 Å². The van der Waals surface area contributed by atoms with Gasteiger partial charge in [-0.05, 0) is 30.3 Å². The van der Waals surface area contributed by atoms with Gasteiger partial charge in [-0.15, -0.1) is 11.3 Å². The van der Waals surface area contributed by atoms with Gasteiger partial charge in [0.15, 0.2) is 0 Å². The number of fused-ring (bicyclic) bond motifs is 1. The molecule has 21 heavy (non-hydrogen) atoms. The largest absolute Gasteiger partial charge is 0.506 e. The van der Waals surface area contributed by atoms with E-state index in [1.54, 1.807) is 18.2 Å². The molecular weight excluding hydrogens is 333 g/mol. The van der Waals surface area contributed by atoms with E-state index in [1.807, 2.05) is 0 Å². The highest BCUT2D eigenvalue weighted by atomic mass is 35.5. The summed E-state index contributed by atoms with van der Waals surface area (Å²) in [4.78, 5) is 27.3. The van der Waals surface area contributed by atoms with Crippen molar-refractivity contribution in [3.05, 3.63) is 60.5 Å². The van der Waals surface area contributed by atoms with Gasteiger partial charge >= 0.3 is 0 Å². The average Bonchev–Trinajstić information content (AvgIpc) is 2.86. The van der Waals surface area contributed by atoms with Crippen molar-refractivity contribution in [3.63, 3.8) is 0 Å². The fraction of sp³-hybridized carbons (Fsp3) is 0. The number of nitrogens with one attached hydrogen (secondary N) is 1. The van der Waals surface area contributed by atoms with Crippen LogP contribution < -0.4 is 5.56 Å². The van der Waals surface area contributed by atoms with Crippen LogP contribution >= 0.6 is 34.5 Å². The molecule has 7 heteroatoms. The molecule has 0 saturated heterocycles. The van der Waals surface area contributed by atoms with Gasteiger partial charge in [-0.1, -0.05) is 23.2 Å². The van der Waals surface area contributed by atoms with Gasteiger partial charge in [0.25, 0.3) is 5.56 Å². The first-order valence-electron chi connectivity index (χ1n) is 5.82. The molecule has 0 aliphatic heterocycles. The third-order valence-electron chi connectivity index (χ3n) is 2.97. The first-order chi connectivity index (χ1) is 9.97. The molecule has 1 aromatic carbocycles. The van der Waals surface area contributed by atoms with Crippen LogP contribution in [0.3, 0.4) is 0 Å². The number of carbonyl (C=O) groups is 1. The van der Waals surface area contributed by atoms with Crippen molar-refractivity contribution in [1.29, 1.82) is 0 Å². The molecule has 0 radical (unpaired) electrons. The van der Waals surface area contributed by atoms with E-state index in [-0.39, 0.29) is 16.2 Å². The Labute approximate surface area is 132 Å². The van der Waals surface area contributed by atoms with Crippen LogP contribution in [0.25, 0.3) is 10.9 Å². The lowest BCUT2D eigenvalue weighted by atomic mass is 10.1. The number of aromatic hydroxyl groups is 1. The first kappa shape index (κ1) is 14.1. The highest BCUT2D eigenvalue weighted by Crippen LogP contribution is 2.30. The van der Waals surface area contributed by atoms with E-state index in [4.69, 9.17) is 23.2 Å². The summed E-state index contributed by atoms with van der Waals surface area (Å²) in [6, 6.07) is 7.70. The van der Waals surface area contributed by atoms with E-state index in [0.29, 0.717) is 20.3 Å². The van der Waals surface area contributed by atoms with Crippen LogP contribution in [0.1, 0.15) is 15.2 Å². The van der Waals surface area contributed by atoms with E-state index in [9.17, 15) is 14.7 Å². The molecule has 4 nitrogen and oxygen atoms in total. The van der Waals surface area contributed by atoms with Gasteiger partial charge in [-0.3, -0.25) is 9.59 Å². The van der Waals surface area contributed by atoms with Crippen molar-refractivity contribution in [2.75, 3.05) is 0 Å². The van der Waals surface area contributed by atoms with Gasteiger partial charge in [-0.25, -0.2) is 0 Å². The molecule has 0 fully saturated rings. The van der Waals surface area contributed by atoms with Gasteiger partial charge in [0.1, 0.15) is 11.3 Å². The lowest BCUT2D eigenvalue weighted by Gasteiger charge is -2.06. The van der Waals surface area contributed by atoms with Crippen LogP contribution in [-0.2, 0) is 0 Å². The molecule has 3 aromatic rings. The zero-order valence-electron chi connectivity index (χ0n) is 10.3. The highest BCUT2D eigenvalue weighted by Gasteiger charge is 2.22. The fourth-order valence-electron chi connectivity index (χ4n) is 2.02. The Kier molecular flexibility index (Phi) is 3.49. The monoisotopic (exact) mass is 339 g/mol. The Morgan fingerprint density at radius 2 is 1.95 bits per heavy atom. The van der Waals surface area contributed by atoms with Crippen LogP contribution in [0.15, 0.2) is 35.1 Å². The van der Waals surface area contributed by atoms with E-state index in [1.165, 1.54) is 12.1 Å². The van der Waals surface area contributed by atoms with Crippen LogP contribution in [0.2, 0.25) is 9.36 Å². The van der Waals surface area contributed by atoms with Gasteiger partial charge in [0.2, 0.25) is 5.78 Å². The van der Waals surface area contributed by atoms with Gasteiger partial charge in [0.05, 0.1) is 14.7 Å². The molecule has 0 atom stereocenters. The third kappa shape index (κ3) is 2.44. The summed E-state index contributed by atoms with van der Waals surface area (Å²) in [7, 11) is 0. The van der Waals surface area contributed by atoms with Crippen molar-refractivity contribution < 1.29 is 9.90 Å². The number of thiophene rings is 1. The van der Waals surface area contributed by atoms with E-state index < -0.39 is 11.3 Å². The molecule has 0 aliphatic rings. The molecule has 0 amide bonds. The van der Waals surface area contributed by atoms with Gasteiger partial charge in [-0.2, -0.15) is 0 Å². The average molecular weight is 340 g/mol. The number of pyridine rings is 1. The number of halogens is 2. The predicted octanol–water partition coefficient (Wildman–Crippen LogP) is 3.83. The molecule has 0 aliphatic carbocycles. The number of carbonyl (C=O) groups excluding carboxylic acids is 1. The quantitative estimate of drug-likeness (QED) is 0.697. The lowest BCUT2D eigenvalue weighted by Crippen LogP contribution is -2.18. The standard InChI is InChI=1S/C14H7Cl2NO3S/c15-6-1-2-8-7(5-6)12(18)11(14(20)17-8)13(19)9-3-4-10(16)21-9/h1-5H,(H2,17,18,20). The smallest absolute Gasteiger partial charge is 0.263 e. The van der Waals surface area contributed by atoms with Crippen molar-refractivity contribution in [2.45, 2.75) is 0 Å². The normalized spacial score (nSPS) is 11.0. The summed E-state index contributed by atoms with van der Waals surface area (Å²) in [6.45, 7) is 0. The van der Waals surface area contributed by atoms with E-state index >= 15 is 0 Å². The molecule has 0 unspecified atom stereocenters. The molecule has 2 N–H and O–H groups in total. The number of aromatic nitrogens is 1. The van der Waals surface area contributed by atoms with Crippen molar-refractivity contribution in [2.24, 2.45) is 0 Å². The Balaban J connectivity index is 2.27. The molecular formula is C14H7Cl2NO3S. The summed E-state index contributed by atoms with van der Waals surface area (Å²) in [6.07, 6.45) is 0. The number of aromatic amines is 1. The van der Waals surface area contributed by atoms with Crippen molar-refractivity contribution in [1.82, 2.24) is 4.98 Å². The second-order valence-corrected chi connectivity index (χ2v) is 6.45. The maximum atomic E-state index is 12.4. The minimum absolute atomic E-state index is 0.280. The van der Waals surface area contributed by atoms with E-state index in [0.717, 1.165) is 11.3 Å².